The molecule has 168 valence electrons. The number of carbonyl (C=O) groups is 2. The van der Waals surface area contributed by atoms with Crippen LogP contribution in [0.4, 0.5) is 0 Å². The first-order chi connectivity index (χ1) is 16.5. The molecule has 2 atom stereocenters. The quantitative estimate of drug-likeness (QED) is 0.560. The highest BCUT2D eigenvalue weighted by atomic mass is 16.5. The van der Waals surface area contributed by atoms with Crippen LogP contribution in [-0.4, -0.2) is 18.7 Å². The number of rotatable bonds is 3. The summed E-state index contributed by atoms with van der Waals surface area (Å²) >= 11 is 0. The number of methoxy groups -OCH3 is 1. The molecule has 34 heavy (non-hydrogen) atoms. The fourth-order valence-corrected chi connectivity index (χ4v) is 5.60. The zero-order valence-electron chi connectivity index (χ0n) is 19.2. The number of aryl methyl sites for hydroxylation is 1. The van der Waals surface area contributed by atoms with Crippen LogP contribution in [0.1, 0.15) is 57.3 Å². The molecule has 4 heteroatoms. The van der Waals surface area contributed by atoms with Gasteiger partial charge in [0.2, 0.25) is 0 Å². The number of Topliss-reactive ketones (excluding diaryl/α,β-unsaturated/α-hetero) is 2. The third-order valence-corrected chi connectivity index (χ3v) is 7.31. The van der Waals surface area contributed by atoms with E-state index in [0.29, 0.717) is 17.6 Å². The van der Waals surface area contributed by atoms with E-state index in [1.165, 1.54) is 0 Å². The Morgan fingerprint density at radius 3 is 2.18 bits per heavy atom. The van der Waals surface area contributed by atoms with E-state index in [4.69, 9.17) is 4.74 Å². The van der Waals surface area contributed by atoms with Gasteiger partial charge in [-0.1, -0.05) is 66.2 Å². The second kappa shape index (κ2) is 7.84. The van der Waals surface area contributed by atoms with Crippen molar-refractivity contribution >= 4 is 17.3 Å². The van der Waals surface area contributed by atoms with E-state index in [1.807, 2.05) is 55.5 Å². The predicted octanol–water partition coefficient (Wildman–Crippen LogP) is 5.70. The Hall–Kier alpha value is -3.92. The monoisotopic (exact) mass is 447 g/mol. The van der Waals surface area contributed by atoms with Crippen LogP contribution < -0.4 is 10.1 Å². The molecule has 2 aliphatic carbocycles. The first-order valence-electron chi connectivity index (χ1n) is 11.7. The summed E-state index contributed by atoms with van der Waals surface area (Å²) in [4.78, 5) is 27.3. The summed E-state index contributed by atoms with van der Waals surface area (Å²) < 4.78 is 5.30. The summed E-state index contributed by atoms with van der Waals surface area (Å²) in [5, 5.41) is 3.56. The minimum absolute atomic E-state index is 0.0142. The van der Waals surface area contributed by atoms with Gasteiger partial charge in [0.15, 0.2) is 11.6 Å². The first kappa shape index (κ1) is 20.7. The second-order valence-corrected chi connectivity index (χ2v) is 9.33. The molecule has 6 rings (SSSR count). The number of dihydropyridines is 1. The van der Waals surface area contributed by atoms with Crippen molar-refractivity contribution in [1.29, 1.82) is 0 Å². The molecule has 0 aromatic heterocycles. The molecule has 0 radical (unpaired) electrons. The Kier molecular flexibility index (Phi) is 4.77. The number of hydrogen-bond acceptors (Lipinski definition) is 4. The van der Waals surface area contributed by atoms with E-state index in [0.717, 1.165) is 51.4 Å². The third-order valence-electron chi connectivity index (χ3n) is 7.31. The van der Waals surface area contributed by atoms with E-state index >= 15 is 0 Å². The Balaban J connectivity index is 1.47. The molecule has 4 nitrogen and oxygen atoms in total. The van der Waals surface area contributed by atoms with Crippen LogP contribution in [0.3, 0.4) is 0 Å². The Labute approximate surface area is 199 Å². The van der Waals surface area contributed by atoms with Gasteiger partial charge in [-0.05, 0) is 42.5 Å². The zero-order chi connectivity index (χ0) is 23.4. The minimum Gasteiger partial charge on any atom is -0.497 e. The summed E-state index contributed by atoms with van der Waals surface area (Å²) in [5.41, 5.74) is 8.12. The lowest BCUT2D eigenvalue weighted by molar-refractivity contribution is -0.116. The van der Waals surface area contributed by atoms with Gasteiger partial charge in [0.1, 0.15) is 5.75 Å². The van der Waals surface area contributed by atoms with Crippen molar-refractivity contribution in [3.8, 4) is 5.75 Å². The smallest absolute Gasteiger partial charge is 0.192 e. The Morgan fingerprint density at radius 2 is 1.47 bits per heavy atom. The fourth-order valence-electron chi connectivity index (χ4n) is 5.60. The summed E-state index contributed by atoms with van der Waals surface area (Å²) in [6, 6.07) is 23.9. The van der Waals surface area contributed by atoms with Crippen molar-refractivity contribution in [2.45, 2.75) is 31.6 Å². The van der Waals surface area contributed by atoms with Crippen molar-refractivity contribution in [1.82, 2.24) is 5.32 Å². The molecule has 3 aromatic rings. The molecule has 0 saturated carbocycles. The highest BCUT2D eigenvalue weighted by Gasteiger charge is 2.45. The molecule has 0 saturated heterocycles. The maximum atomic E-state index is 13.7. The lowest BCUT2D eigenvalue weighted by Crippen LogP contribution is -2.33. The summed E-state index contributed by atoms with van der Waals surface area (Å²) in [7, 11) is 1.65. The number of hydrogen-bond donors (Lipinski definition) is 1. The minimum atomic E-state index is -0.351. The third kappa shape index (κ3) is 3.13. The fraction of sp³-hybridized carbons (Fsp3) is 0.200. The molecule has 3 aromatic carbocycles. The lowest BCUT2D eigenvalue weighted by atomic mass is 9.71. The molecule has 0 fully saturated rings. The predicted molar refractivity (Wildman–Crippen MR) is 132 cm³/mol. The number of benzene rings is 3. The van der Waals surface area contributed by atoms with Crippen LogP contribution in [-0.2, 0) is 4.79 Å². The Bertz CT molecular complexity index is 1390. The highest BCUT2D eigenvalue weighted by molar-refractivity contribution is 6.23. The van der Waals surface area contributed by atoms with Gasteiger partial charge in [-0.3, -0.25) is 9.59 Å². The maximum Gasteiger partial charge on any atom is 0.192 e. The van der Waals surface area contributed by atoms with Crippen molar-refractivity contribution in [3.05, 3.63) is 117 Å². The normalized spacial score (nSPS) is 21.1. The molecule has 3 aliphatic rings. The molecular weight excluding hydrogens is 422 g/mol. The van der Waals surface area contributed by atoms with Crippen LogP contribution in [0.15, 0.2) is 89.6 Å². The van der Waals surface area contributed by atoms with Gasteiger partial charge < -0.3 is 10.1 Å². The zero-order valence-corrected chi connectivity index (χ0v) is 19.2. The van der Waals surface area contributed by atoms with Gasteiger partial charge in [-0.15, -0.1) is 0 Å². The average molecular weight is 448 g/mol. The van der Waals surface area contributed by atoms with E-state index in [-0.39, 0.29) is 23.4 Å². The lowest BCUT2D eigenvalue weighted by Gasteiger charge is -2.36. The second-order valence-electron chi connectivity index (χ2n) is 9.33. The number of nitrogens with one attached hydrogen (secondary N) is 1. The highest BCUT2D eigenvalue weighted by Crippen LogP contribution is 2.50. The van der Waals surface area contributed by atoms with Crippen molar-refractivity contribution in [3.63, 3.8) is 0 Å². The maximum absolute atomic E-state index is 13.7. The van der Waals surface area contributed by atoms with Gasteiger partial charge >= 0.3 is 0 Å². The van der Waals surface area contributed by atoms with E-state index in [2.05, 4.69) is 29.6 Å². The van der Waals surface area contributed by atoms with Crippen molar-refractivity contribution in [2.24, 2.45) is 0 Å². The molecule has 0 unspecified atom stereocenters. The molecular formula is C30H25NO3. The number of ketones is 2. The molecule has 0 bridgehead atoms. The summed E-state index contributed by atoms with van der Waals surface area (Å²) in [6.45, 7) is 2.05. The number of ether oxygens (including phenoxy) is 1. The van der Waals surface area contributed by atoms with Gasteiger partial charge in [0, 0.05) is 40.3 Å². The van der Waals surface area contributed by atoms with E-state index in [1.54, 1.807) is 7.11 Å². The van der Waals surface area contributed by atoms with Crippen molar-refractivity contribution in [2.75, 3.05) is 7.11 Å². The number of fused-ring (bicyclic) bond motifs is 2. The standard InChI is InChI=1S/C30H25NO3/c1-17-7-9-19(10-8-17)26-27-24(31-29-22-5-3-4-6-23(22)30(33)28(26)29)15-20(16-25(27)32)18-11-13-21(34-2)14-12-18/h3-14,20,26,31H,15-16H2,1-2H3/t20-,26+/m1/s1. The Morgan fingerprint density at radius 1 is 0.794 bits per heavy atom. The first-order valence-corrected chi connectivity index (χ1v) is 11.7. The number of allylic oxidation sites excluding steroid dienone is 3. The molecule has 0 amide bonds. The van der Waals surface area contributed by atoms with Gasteiger partial charge in [-0.25, -0.2) is 0 Å². The van der Waals surface area contributed by atoms with Gasteiger partial charge in [-0.2, -0.15) is 0 Å². The largest absolute Gasteiger partial charge is 0.497 e. The SMILES string of the molecule is COc1ccc([C@H]2CC(=O)C3=C(C2)NC2=C(C(=O)c4ccccc42)[C@H]3c2ccc(C)cc2)cc1. The summed E-state index contributed by atoms with van der Waals surface area (Å²) in [6.07, 6.45) is 1.15. The topological polar surface area (TPSA) is 55.4 Å². The van der Waals surface area contributed by atoms with E-state index in [9.17, 15) is 9.59 Å². The van der Waals surface area contributed by atoms with Crippen LogP contribution >= 0.6 is 0 Å². The molecule has 0 spiro atoms. The average Bonchev–Trinajstić information content (AvgIpc) is 3.15. The van der Waals surface area contributed by atoms with Crippen LogP contribution in [0.2, 0.25) is 0 Å². The van der Waals surface area contributed by atoms with Crippen LogP contribution in [0.25, 0.3) is 5.70 Å². The molecule has 1 heterocycles. The van der Waals surface area contributed by atoms with Crippen LogP contribution in [0.5, 0.6) is 5.75 Å². The van der Waals surface area contributed by atoms with E-state index < -0.39 is 0 Å². The van der Waals surface area contributed by atoms with Gasteiger partial charge in [0.05, 0.1) is 12.8 Å². The van der Waals surface area contributed by atoms with Crippen LogP contribution in [0, 0.1) is 6.92 Å². The summed E-state index contributed by atoms with van der Waals surface area (Å²) in [5.74, 6) is 0.654. The molecule has 1 N–H and O–H groups in total. The molecule has 1 aliphatic heterocycles. The van der Waals surface area contributed by atoms with Gasteiger partial charge in [0.25, 0.3) is 0 Å². The van der Waals surface area contributed by atoms with Crippen molar-refractivity contribution < 1.29 is 14.3 Å². The number of carbonyl (C=O) groups excluding carboxylic acids is 2.